The number of ether oxygens (including phenoxy) is 2. The van der Waals surface area contributed by atoms with Crippen LogP contribution in [0.1, 0.15) is 32.8 Å². The van der Waals surface area contributed by atoms with E-state index in [-0.39, 0.29) is 5.97 Å². The average Bonchev–Trinajstić information content (AvgIpc) is 2.30. The predicted molar refractivity (Wildman–Crippen MR) is 87.6 cm³/mol. The second-order valence-electron chi connectivity index (χ2n) is 5.50. The Kier molecular flexibility index (Phi) is 6.52. The lowest BCUT2D eigenvalue weighted by molar-refractivity contribution is -0.163. The van der Waals surface area contributed by atoms with Crippen LogP contribution in [0.4, 0.5) is 0 Å². The maximum absolute atomic E-state index is 12.2. The average molecular weight is 408 g/mol. The van der Waals surface area contributed by atoms with Crippen LogP contribution in [-0.4, -0.2) is 23.0 Å². The van der Waals surface area contributed by atoms with E-state index in [0.29, 0.717) is 17.5 Å². The van der Waals surface area contributed by atoms with Crippen molar-refractivity contribution in [3.05, 3.63) is 28.2 Å². The summed E-state index contributed by atoms with van der Waals surface area (Å²) in [4.78, 5) is 12.2. The van der Waals surface area contributed by atoms with Gasteiger partial charge in [0.05, 0.1) is 4.47 Å². The first-order valence-electron chi connectivity index (χ1n) is 6.45. The van der Waals surface area contributed by atoms with Crippen LogP contribution >= 0.6 is 31.9 Å². The van der Waals surface area contributed by atoms with E-state index in [1.807, 2.05) is 45.9 Å². The standard InChI is InChI=1S/C15H20Br2O3/c1-10-6-5-7-11(17)13(10)19-12(8-9-16)14(18)20-15(2,3)4/h5-7,12H,8-9H2,1-4H3. The Bertz CT molecular complexity index is 446. The van der Waals surface area contributed by atoms with Crippen molar-refractivity contribution in [2.24, 2.45) is 0 Å². The van der Waals surface area contributed by atoms with Crippen LogP contribution in [0.25, 0.3) is 0 Å². The normalized spacial score (nSPS) is 12.9. The quantitative estimate of drug-likeness (QED) is 0.527. The summed E-state index contributed by atoms with van der Waals surface area (Å²) in [5, 5.41) is 0.667. The van der Waals surface area contributed by atoms with Crippen molar-refractivity contribution in [1.29, 1.82) is 0 Å². The zero-order valence-electron chi connectivity index (χ0n) is 12.2. The summed E-state index contributed by atoms with van der Waals surface area (Å²) in [6.45, 7) is 7.49. The molecule has 1 atom stereocenters. The number of benzene rings is 1. The van der Waals surface area contributed by atoms with Gasteiger partial charge in [-0.1, -0.05) is 28.1 Å². The van der Waals surface area contributed by atoms with Crippen LogP contribution in [0.2, 0.25) is 0 Å². The summed E-state index contributed by atoms with van der Waals surface area (Å²) < 4.78 is 12.1. The molecule has 5 heteroatoms. The molecule has 0 saturated carbocycles. The molecule has 3 nitrogen and oxygen atoms in total. The van der Waals surface area contributed by atoms with Gasteiger partial charge in [-0.3, -0.25) is 0 Å². The molecule has 1 aromatic carbocycles. The van der Waals surface area contributed by atoms with Gasteiger partial charge in [-0.2, -0.15) is 0 Å². The number of alkyl halides is 1. The van der Waals surface area contributed by atoms with Crippen LogP contribution in [0.15, 0.2) is 22.7 Å². The zero-order valence-corrected chi connectivity index (χ0v) is 15.4. The molecular weight excluding hydrogens is 388 g/mol. The second-order valence-corrected chi connectivity index (χ2v) is 7.15. The van der Waals surface area contributed by atoms with Gasteiger partial charge in [-0.05, 0) is 55.3 Å². The van der Waals surface area contributed by atoms with Crippen LogP contribution in [-0.2, 0) is 9.53 Å². The first-order valence-corrected chi connectivity index (χ1v) is 8.36. The number of carbonyl (C=O) groups excluding carboxylic acids is 1. The van der Waals surface area contributed by atoms with Gasteiger partial charge < -0.3 is 9.47 Å². The highest BCUT2D eigenvalue weighted by Crippen LogP contribution is 2.30. The van der Waals surface area contributed by atoms with E-state index in [4.69, 9.17) is 9.47 Å². The fraction of sp³-hybridized carbons (Fsp3) is 0.533. The number of aryl methyl sites for hydroxylation is 1. The number of hydrogen-bond donors (Lipinski definition) is 0. The highest BCUT2D eigenvalue weighted by Gasteiger charge is 2.27. The van der Waals surface area contributed by atoms with Gasteiger partial charge >= 0.3 is 5.97 Å². The molecular formula is C15H20Br2O3. The lowest BCUT2D eigenvalue weighted by Gasteiger charge is -2.25. The molecule has 20 heavy (non-hydrogen) atoms. The van der Waals surface area contributed by atoms with Crippen molar-refractivity contribution in [2.45, 2.75) is 45.8 Å². The first kappa shape index (κ1) is 17.5. The van der Waals surface area contributed by atoms with Crippen molar-refractivity contribution >= 4 is 37.8 Å². The third-order valence-electron chi connectivity index (χ3n) is 2.46. The topological polar surface area (TPSA) is 35.5 Å². The smallest absolute Gasteiger partial charge is 0.347 e. The Balaban J connectivity index is 2.90. The zero-order chi connectivity index (χ0) is 15.3. The van der Waals surface area contributed by atoms with E-state index >= 15 is 0 Å². The largest absolute Gasteiger partial charge is 0.477 e. The second kappa shape index (κ2) is 7.46. The van der Waals surface area contributed by atoms with E-state index in [1.54, 1.807) is 0 Å². The molecule has 0 amide bonds. The molecule has 0 bridgehead atoms. The van der Waals surface area contributed by atoms with Crippen LogP contribution in [0, 0.1) is 6.92 Å². The van der Waals surface area contributed by atoms with E-state index in [1.165, 1.54) is 0 Å². The van der Waals surface area contributed by atoms with Crippen LogP contribution in [0.5, 0.6) is 5.75 Å². The van der Waals surface area contributed by atoms with Crippen LogP contribution < -0.4 is 4.74 Å². The van der Waals surface area contributed by atoms with E-state index < -0.39 is 11.7 Å². The molecule has 0 spiro atoms. The van der Waals surface area contributed by atoms with Crippen molar-refractivity contribution in [1.82, 2.24) is 0 Å². The van der Waals surface area contributed by atoms with E-state index in [0.717, 1.165) is 10.0 Å². The fourth-order valence-corrected chi connectivity index (χ4v) is 2.57. The minimum Gasteiger partial charge on any atom is -0.477 e. The summed E-state index contributed by atoms with van der Waals surface area (Å²) in [7, 11) is 0. The Morgan fingerprint density at radius 1 is 1.35 bits per heavy atom. The molecule has 1 unspecified atom stereocenters. The summed E-state index contributed by atoms with van der Waals surface area (Å²) in [6, 6.07) is 5.77. The minimum absolute atomic E-state index is 0.341. The highest BCUT2D eigenvalue weighted by atomic mass is 79.9. The van der Waals surface area contributed by atoms with Gasteiger partial charge in [0.2, 0.25) is 0 Å². The predicted octanol–water partition coefficient (Wildman–Crippen LogP) is 4.63. The van der Waals surface area contributed by atoms with Gasteiger partial charge in [0, 0.05) is 11.8 Å². The summed E-state index contributed by atoms with van der Waals surface area (Å²) >= 11 is 6.80. The Labute approximate surface area is 137 Å². The maximum Gasteiger partial charge on any atom is 0.347 e. The lowest BCUT2D eigenvalue weighted by Crippen LogP contribution is -2.35. The third-order valence-corrected chi connectivity index (χ3v) is 3.55. The lowest BCUT2D eigenvalue weighted by atomic mass is 10.2. The highest BCUT2D eigenvalue weighted by molar-refractivity contribution is 9.10. The van der Waals surface area contributed by atoms with Crippen molar-refractivity contribution < 1.29 is 14.3 Å². The number of hydrogen-bond acceptors (Lipinski definition) is 3. The molecule has 0 aliphatic rings. The molecule has 0 radical (unpaired) electrons. The van der Waals surface area contributed by atoms with Crippen LogP contribution in [0.3, 0.4) is 0 Å². The monoisotopic (exact) mass is 406 g/mol. The molecule has 112 valence electrons. The molecule has 0 aromatic heterocycles. The number of rotatable bonds is 5. The summed E-state index contributed by atoms with van der Waals surface area (Å²) in [5.74, 6) is 0.344. The molecule has 0 aliphatic carbocycles. The molecule has 1 aromatic rings. The molecule has 0 N–H and O–H groups in total. The fourth-order valence-electron chi connectivity index (χ4n) is 1.60. The van der Waals surface area contributed by atoms with Gasteiger partial charge in [-0.25, -0.2) is 4.79 Å². The summed E-state index contributed by atoms with van der Waals surface area (Å²) in [5.41, 5.74) is 0.455. The number of halogens is 2. The SMILES string of the molecule is Cc1cccc(Br)c1OC(CCBr)C(=O)OC(C)(C)C. The Morgan fingerprint density at radius 3 is 2.50 bits per heavy atom. The summed E-state index contributed by atoms with van der Waals surface area (Å²) in [6.07, 6.45) is -0.0682. The molecule has 0 fully saturated rings. The first-order chi connectivity index (χ1) is 9.24. The molecule has 0 heterocycles. The van der Waals surface area contributed by atoms with E-state index in [2.05, 4.69) is 31.9 Å². The van der Waals surface area contributed by atoms with Gasteiger partial charge in [0.15, 0.2) is 6.10 Å². The van der Waals surface area contributed by atoms with Gasteiger partial charge in [0.25, 0.3) is 0 Å². The molecule has 0 saturated heterocycles. The number of esters is 1. The Hall–Kier alpha value is -0.550. The molecule has 0 aliphatic heterocycles. The minimum atomic E-state index is -0.619. The maximum atomic E-state index is 12.2. The third kappa shape index (κ3) is 5.44. The number of para-hydroxylation sites is 1. The van der Waals surface area contributed by atoms with Gasteiger partial charge in [-0.15, -0.1) is 0 Å². The number of carbonyl (C=O) groups is 1. The Morgan fingerprint density at radius 2 is 2.00 bits per heavy atom. The van der Waals surface area contributed by atoms with Gasteiger partial charge in [0.1, 0.15) is 11.4 Å². The van der Waals surface area contributed by atoms with Crippen molar-refractivity contribution in [3.63, 3.8) is 0 Å². The molecule has 1 rings (SSSR count). The van der Waals surface area contributed by atoms with E-state index in [9.17, 15) is 4.79 Å². The van der Waals surface area contributed by atoms with Crippen molar-refractivity contribution in [3.8, 4) is 5.75 Å². The van der Waals surface area contributed by atoms with Crippen molar-refractivity contribution in [2.75, 3.05) is 5.33 Å².